The van der Waals surface area contributed by atoms with Gasteiger partial charge in [-0.2, -0.15) is 0 Å². The predicted octanol–water partition coefficient (Wildman–Crippen LogP) is 1.16. The summed E-state index contributed by atoms with van der Waals surface area (Å²) in [5, 5.41) is 9.55. The molecular formula is C17H22N4O3. The molecule has 2 aliphatic heterocycles. The van der Waals surface area contributed by atoms with E-state index in [1.54, 1.807) is 23.4 Å². The van der Waals surface area contributed by atoms with Crippen LogP contribution in [0.4, 0.5) is 5.95 Å². The van der Waals surface area contributed by atoms with Crippen molar-refractivity contribution in [1.29, 1.82) is 0 Å². The van der Waals surface area contributed by atoms with Crippen molar-refractivity contribution in [1.82, 2.24) is 14.9 Å². The number of hydrogen-bond donors (Lipinski definition) is 1. The van der Waals surface area contributed by atoms with E-state index >= 15 is 0 Å². The highest BCUT2D eigenvalue weighted by molar-refractivity contribution is 5.87. The van der Waals surface area contributed by atoms with Crippen LogP contribution in [0.3, 0.4) is 0 Å². The smallest absolute Gasteiger partial charge is 0.326 e. The number of piperidine rings is 1. The van der Waals surface area contributed by atoms with E-state index in [0.29, 0.717) is 13.0 Å². The highest BCUT2D eigenvalue weighted by Gasteiger charge is 2.51. The lowest BCUT2D eigenvalue weighted by molar-refractivity contribution is -0.148. The molecule has 3 heterocycles. The molecule has 1 aromatic rings. The van der Waals surface area contributed by atoms with Crippen molar-refractivity contribution in [2.45, 2.75) is 38.1 Å². The second-order valence-corrected chi connectivity index (χ2v) is 7.33. The zero-order valence-corrected chi connectivity index (χ0v) is 13.6. The number of aliphatic carboxylic acids is 1. The number of carboxylic acid groups (broad SMARTS) is 1. The third-order valence-corrected chi connectivity index (χ3v) is 5.66. The third-order valence-electron chi connectivity index (χ3n) is 5.66. The second kappa shape index (κ2) is 5.72. The molecule has 1 aromatic heterocycles. The largest absolute Gasteiger partial charge is 0.480 e. The second-order valence-electron chi connectivity index (χ2n) is 7.33. The van der Waals surface area contributed by atoms with Gasteiger partial charge in [0.15, 0.2) is 0 Å². The summed E-state index contributed by atoms with van der Waals surface area (Å²) in [6.45, 7) is 2.20. The Hall–Kier alpha value is -2.18. The van der Waals surface area contributed by atoms with Crippen LogP contribution in [0.25, 0.3) is 0 Å². The van der Waals surface area contributed by atoms with Gasteiger partial charge in [-0.05, 0) is 43.6 Å². The van der Waals surface area contributed by atoms with Gasteiger partial charge in [0.25, 0.3) is 0 Å². The van der Waals surface area contributed by atoms with Crippen molar-refractivity contribution >= 4 is 17.8 Å². The van der Waals surface area contributed by atoms with Crippen LogP contribution in [-0.2, 0) is 9.59 Å². The normalized spacial score (nSPS) is 25.9. The summed E-state index contributed by atoms with van der Waals surface area (Å²) < 4.78 is 0. The standard InChI is InChI=1S/C17H22N4O3/c22-14(12-2-3-12)21-11-17(10-13(21)15(23)24)4-8-20(9-5-17)16-18-6-1-7-19-16/h1,6-7,12-13H,2-5,8-11H2,(H,23,24)/t13-/m1/s1. The Morgan fingerprint density at radius 2 is 1.83 bits per heavy atom. The Balaban J connectivity index is 1.46. The van der Waals surface area contributed by atoms with Gasteiger partial charge in [0.05, 0.1) is 0 Å². The molecule has 1 amide bonds. The monoisotopic (exact) mass is 330 g/mol. The first-order valence-electron chi connectivity index (χ1n) is 8.63. The summed E-state index contributed by atoms with van der Waals surface area (Å²) in [7, 11) is 0. The number of anilines is 1. The molecule has 7 heteroatoms. The zero-order chi connectivity index (χ0) is 16.7. The van der Waals surface area contributed by atoms with Crippen LogP contribution in [0, 0.1) is 11.3 Å². The Kier molecular flexibility index (Phi) is 3.66. The first-order chi connectivity index (χ1) is 11.6. The van der Waals surface area contributed by atoms with Gasteiger partial charge in [-0.3, -0.25) is 4.79 Å². The topological polar surface area (TPSA) is 86.6 Å². The van der Waals surface area contributed by atoms with Crippen LogP contribution in [0.5, 0.6) is 0 Å². The number of hydrogen-bond acceptors (Lipinski definition) is 5. The summed E-state index contributed by atoms with van der Waals surface area (Å²) in [6.07, 6.45) is 7.62. The highest BCUT2D eigenvalue weighted by Crippen LogP contribution is 2.45. The van der Waals surface area contributed by atoms with Gasteiger partial charge in [-0.25, -0.2) is 14.8 Å². The number of likely N-dealkylation sites (tertiary alicyclic amines) is 1. The van der Waals surface area contributed by atoms with Gasteiger partial charge in [0.1, 0.15) is 6.04 Å². The fraction of sp³-hybridized carbons (Fsp3) is 0.647. The first kappa shape index (κ1) is 15.4. The number of rotatable bonds is 3. The molecule has 24 heavy (non-hydrogen) atoms. The lowest BCUT2D eigenvalue weighted by Gasteiger charge is -2.39. The van der Waals surface area contributed by atoms with E-state index in [1.165, 1.54) is 0 Å². The molecule has 1 aliphatic carbocycles. The van der Waals surface area contributed by atoms with Gasteiger partial charge in [0.2, 0.25) is 11.9 Å². The average molecular weight is 330 g/mol. The van der Waals surface area contributed by atoms with Crippen LogP contribution < -0.4 is 4.90 Å². The minimum Gasteiger partial charge on any atom is -0.480 e. The summed E-state index contributed by atoms with van der Waals surface area (Å²) >= 11 is 0. The van der Waals surface area contributed by atoms with Crippen molar-refractivity contribution in [2.24, 2.45) is 11.3 Å². The Labute approximate surface area is 140 Å². The predicted molar refractivity (Wildman–Crippen MR) is 86.4 cm³/mol. The lowest BCUT2D eigenvalue weighted by atomic mass is 9.76. The van der Waals surface area contributed by atoms with Crippen molar-refractivity contribution in [3.63, 3.8) is 0 Å². The van der Waals surface area contributed by atoms with Crippen molar-refractivity contribution in [3.8, 4) is 0 Å². The van der Waals surface area contributed by atoms with E-state index in [4.69, 9.17) is 0 Å². The summed E-state index contributed by atoms with van der Waals surface area (Å²) in [4.78, 5) is 36.5. The maximum absolute atomic E-state index is 12.5. The molecule has 1 spiro atoms. The quantitative estimate of drug-likeness (QED) is 0.895. The number of carbonyl (C=O) groups is 2. The molecule has 0 bridgehead atoms. The molecule has 128 valence electrons. The fourth-order valence-electron chi connectivity index (χ4n) is 4.07. The number of aromatic nitrogens is 2. The number of nitrogens with zero attached hydrogens (tertiary/aromatic N) is 4. The molecule has 1 saturated carbocycles. The molecule has 1 N–H and O–H groups in total. The van der Waals surface area contributed by atoms with Crippen molar-refractivity contribution < 1.29 is 14.7 Å². The minimum absolute atomic E-state index is 0.0492. The van der Waals surface area contributed by atoms with Crippen molar-refractivity contribution in [3.05, 3.63) is 18.5 Å². The van der Waals surface area contributed by atoms with Gasteiger partial charge in [-0.1, -0.05) is 0 Å². The van der Waals surface area contributed by atoms with Crippen LogP contribution >= 0.6 is 0 Å². The number of carboxylic acids is 1. The molecule has 4 rings (SSSR count). The van der Waals surface area contributed by atoms with Gasteiger partial charge >= 0.3 is 5.97 Å². The summed E-state index contributed by atoms with van der Waals surface area (Å²) in [6, 6.07) is 1.14. The highest BCUT2D eigenvalue weighted by atomic mass is 16.4. The maximum Gasteiger partial charge on any atom is 0.326 e. The first-order valence-corrected chi connectivity index (χ1v) is 8.63. The van der Waals surface area contributed by atoms with Crippen LogP contribution in [0.15, 0.2) is 18.5 Å². The third kappa shape index (κ3) is 2.72. The van der Waals surface area contributed by atoms with E-state index in [-0.39, 0.29) is 17.2 Å². The molecule has 0 unspecified atom stereocenters. The van der Waals surface area contributed by atoms with Crippen LogP contribution in [-0.4, -0.2) is 57.5 Å². The molecular weight excluding hydrogens is 308 g/mol. The van der Waals surface area contributed by atoms with E-state index in [9.17, 15) is 14.7 Å². The van der Waals surface area contributed by atoms with Gasteiger partial charge in [-0.15, -0.1) is 0 Å². The Morgan fingerprint density at radius 3 is 2.42 bits per heavy atom. The average Bonchev–Trinajstić information content (AvgIpc) is 3.38. The van der Waals surface area contributed by atoms with E-state index in [0.717, 1.165) is 44.7 Å². The summed E-state index contributed by atoms with van der Waals surface area (Å²) in [5.74, 6) is -0.0198. The molecule has 0 radical (unpaired) electrons. The molecule has 7 nitrogen and oxygen atoms in total. The Morgan fingerprint density at radius 1 is 1.17 bits per heavy atom. The summed E-state index contributed by atoms with van der Waals surface area (Å²) in [5.41, 5.74) is -0.0705. The molecule has 2 saturated heterocycles. The van der Waals surface area contributed by atoms with Gasteiger partial charge in [0, 0.05) is 37.9 Å². The maximum atomic E-state index is 12.5. The fourth-order valence-corrected chi connectivity index (χ4v) is 4.07. The molecule has 1 atom stereocenters. The van der Waals surface area contributed by atoms with E-state index in [2.05, 4.69) is 14.9 Å². The van der Waals surface area contributed by atoms with Crippen LogP contribution in [0.2, 0.25) is 0 Å². The molecule has 3 aliphatic rings. The number of carbonyl (C=O) groups excluding carboxylic acids is 1. The minimum atomic E-state index is -0.866. The molecule has 0 aromatic carbocycles. The van der Waals surface area contributed by atoms with E-state index in [1.807, 2.05) is 0 Å². The van der Waals surface area contributed by atoms with E-state index < -0.39 is 12.0 Å². The SMILES string of the molecule is O=C(O)[C@H]1CC2(CCN(c3ncccn3)CC2)CN1C(=O)C1CC1. The van der Waals surface area contributed by atoms with Crippen molar-refractivity contribution in [2.75, 3.05) is 24.5 Å². The lowest BCUT2D eigenvalue weighted by Crippen LogP contribution is -2.43. The Bertz CT molecular complexity index is 638. The molecule has 3 fully saturated rings. The zero-order valence-electron chi connectivity index (χ0n) is 13.6. The number of amides is 1. The van der Waals surface area contributed by atoms with Gasteiger partial charge < -0.3 is 14.9 Å². The van der Waals surface area contributed by atoms with Crippen LogP contribution in [0.1, 0.15) is 32.1 Å².